The summed E-state index contributed by atoms with van der Waals surface area (Å²) in [6.07, 6.45) is 9.32. The molecular formula is C32H41N2O6S+. The second kappa shape index (κ2) is 11.4. The van der Waals surface area contributed by atoms with E-state index in [9.17, 15) is 17.8 Å². The minimum absolute atomic E-state index is 0.0907. The van der Waals surface area contributed by atoms with Crippen LogP contribution in [0, 0.1) is 5.41 Å². The van der Waals surface area contributed by atoms with Gasteiger partial charge in [-0.1, -0.05) is 32.4 Å². The molecule has 0 fully saturated rings. The number of nitrogens with zero attached hydrogens (tertiary/aromatic N) is 1. The highest BCUT2D eigenvalue weighted by atomic mass is 32.2. The van der Waals surface area contributed by atoms with Gasteiger partial charge in [0.1, 0.15) is 0 Å². The molecule has 8 nitrogen and oxygen atoms in total. The van der Waals surface area contributed by atoms with E-state index in [1.165, 1.54) is 6.07 Å². The Kier molecular flexibility index (Phi) is 8.52. The number of nitrogens with two attached hydrogens (primary N) is 1. The smallest absolute Gasteiger partial charge is 0.358 e. The average Bonchev–Trinajstić information content (AvgIpc) is 3.07. The number of aliphatic carboxylic acids is 1. The van der Waals surface area contributed by atoms with Crippen LogP contribution in [0.4, 0.5) is 11.4 Å². The standard InChI is InChI=1S/C32H40N2O6S/c1-31(2,3)29-18-21(24-15-13-22(33)19-27(24)40-29)10-9-11-28-32(4,5)25-20-23(41(37,38)39)14-16-26(25)34(28)17-8-6-7-12-30(35)36/h9-11,13-16,19-21H,6-8,12,17-18,33H2,1-5H3,(H-,35,36,37,38,39)/p+1/b10-9+,28-11+. The monoisotopic (exact) mass is 581 g/mol. The van der Waals surface area contributed by atoms with Gasteiger partial charge in [0.25, 0.3) is 10.1 Å². The summed E-state index contributed by atoms with van der Waals surface area (Å²) in [5.74, 6) is 1.06. The molecule has 41 heavy (non-hydrogen) atoms. The van der Waals surface area contributed by atoms with E-state index in [0.29, 0.717) is 18.7 Å². The van der Waals surface area contributed by atoms with Gasteiger partial charge in [-0.2, -0.15) is 8.42 Å². The number of rotatable bonds is 9. The van der Waals surface area contributed by atoms with E-state index >= 15 is 0 Å². The topological polar surface area (TPSA) is 132 Å². The molecule has 2 aromatic rings. The van der Waals surface area contributed by atoms with Gasteiger partial charge in [0.2, 0.25) is 0 Å². The molecule has 0 bridgehead atoms. The van der Waals surface area contributed by atoms with Crippen LogP contribution in [0.3, 0.4) is 0 Å². The quantitative estimate of drug-likeness (QED) is 0.129. The van der Waals surface area contributed by atoms with Crippen LogP contribution in [-0.2, 0) is 24.8 Å². The number of hydrogen-bond donors (Lipinski definition) is 3. The third-order valence-electron chi connectivity index (χ3n) is 7.94. The summed E-state index contributed by atoms with van der Waals surface area (Å²) in [5.41, 5.74) is 9.81. The predicted molar refractivity (Wildman–Crippen MR) is 162 cm³/mol. The maximum absolute atomic E-state index is 11.9. The lowest BCUT2D eigenvalue weighted by atomic mass is 9.81. The van der Waals surface area contributed by atoms with E-state index < -0.39 is 21.5 Å². The third kappa shape index (κ3) is 6.73. The van der Waals surface area contributed by atoms with Crippen LogP contribution in [0.25, 0.3) is 0 Å². The Morgan fingerprint density at radius 1 is 1.15 bits per heavy atom. The van der Waals surface area contributed by atoms with E-state index in [1.807, 2.05) is 32.0 Å². The minimum Gasteiger partial charge on any atom is -0.481 e. The average molecular weight is 582 g/mol. The van der Waals surface area contributed by atoms with Crippen molar-refractivity contribution in [2.75, 3.05) is 17.2 Å². The van der Waals surface area contributed by atoms with Crippen LogP contribution < -0.4 is 10.6 Å². The highest BCUT2D eigenvalue weighted by Crippen LogP contribution is 2.49. The Bertz CT molecular complexity index is 1530. The highest BCUT2D eigenvalue weighted by Gasteiger charge is 2.41. The van der Waals surface area contributed by atoms with Gasteiger partial charge >= 0.3 is 17.5 Å². The van der Waals surface area contributed by atoms with E-state index in [1.54, 1.807) is 12.1 Å². The summed E-state index contributed by atoms with van der Waals surface area (Å²) in [4.78, 5) is 13.0. The molecule has 1 unspecified atom stereocenters. The first-order valence-corrected chi connectivity index (χ1v) is 15.5. The number of carboxylic acids is 1. The Morgan fingerprint density at radius 2 is 1.88 bits per heavy atom. The molecule has 2 heterocycles. The first-order valence-electron chi connectivity index (χ1n) is 14.0. The number of benzene rings is 2. The van der Waals surface area contributed by atoms with Crippen LogP contribution in [0.5, 0.6) is 5.75 Å². The fraction of sp³-hybridized carbons (Fsp3) is 0.438. The molecule has 0 saturated carbocycles. The molecule has 1 atom stereocenters. The van der Waals surface area contributed by atoms with E-state index in [4.69, 9.17) is 15.3 Å². The molecule has 0 saturated heterocycles. The molecule has 4 rings (SSSR count). The van der Waals surface area contributed by atoms with Crippen LogP contribution in [0.15, 0.2) is 65.2 Å². The van der Waals surface area contributed by atoms with Gasteiger partial charge in [-0.05, 0) is 75.6 Å². The molecule has 0 aliphatic carbocycles. The summed E-state index contributed by atoms with van der Waals surface area (Å²) in [6.45, 7) is 11.1. The lowest BCUT2D eigenvalue weighted by Gasteiger charge is -2.27. The van der Waals surface area contributed by atoms with Gasteiger partial charge < -0.3 is 15.7 Å². The van der Waals surface area contributed by atoms with Crippen LogP contribution in [0.2, 0.25) is 0 Å². The van der Waals surface area contributed by atoms with Gasteiger partial charge in [-0.15, -0.1) is 0 Å². The molecule has 4 N–H and O–H groups in total. The van der Waals surface area contributed by atoms with Gasteiger partial charge in [0.15, 0.2) is 0 Å². The normalized spacial score (nSPS) is 19.4. The van der Waals surface area contributed by atoms with Crippen molar-refractivity contribution in [1.82, 2.24) is 0 Å². The molecule has 2 aliphatic rings. The minimum atomic E-state index is -4.35. The summed E-state index contributed by atoms with van der Waals surface area (Å²) in [7, 11) is -4.35. The molecule has 2 aliphatic heterocycles. The maximum atomic E-state index is 11.9. The molecule has 0 aromatic heterocycles. The lowest BCUT2D eigenvalue weighted by molar-refractivity contribution is -0.377. The molecule has 220 valence electrons. The van der Waals surface area contributed by atoms with Crippen LogP contribution >= 0.6 is 0 Å². The van der Waals surface area contributed by atoms with E-state index in [2.05, 4.69) is 43.9 Å². The number of nitrogen functional groups attached to an aromatic ring is 1. The van der Waals surface area contributed by atoms with E-state index in [-0.39, 0.29) is 22.6 Å². The second-order valence-corrected chi connectivity index (χ2v) is 13.9. The molecule has 0 amide bonds. The zero-order valence-corrected chi connectivity index (χ0v) is 25.3. The number of anilines is 2. The van der Waals surface area contributed by atoms with Crippen molar-refractivity contribution in [3.8, 4) is 5.75 Å². The Labute approximate surface area is 243 Å². The van der Waals surface area contributed by atoms with Gasteiger partial charge in [-0.25, -0.2) is 4.42 Å². The summed E-state index contributed by atoms with van der Waals surface area (Å²) in [6, 6.07) is 10.5. The zero-order chi connectivity index (χ0) is 30.2. The summed E-state index contributed by atoms with van der Waals surface area (Å²) >= 11 is 0. The SMILES string of the molecule is CC(C)(C)C1=[O+]c2cc(N)ccc2C(/C=C/C=C2/N(CCCCCC(=O)O)c3ccc(S(=O)(=O)O)cc3C2(C)C)C1. The Morgan fingerprint density at radius 3 is 2.54 bits per heavy atom. The largest absolute Gasteiger partial charge is 0.481 e. The van der Waals surface area contributed by atoms with Crippen LogP contribution in [-0.4, -0.2) is 36.4 Å². The van der Waals surface area contributed by atoms with Crippen molar-refractivity contribution in [2.24, 2.45) is 5.41 Å². The van der Waals surface area contributed by atoms with Gasteiger partial charge in [-0.3, -0.25) is 9.35 Å². The zero-order valence-electron chi connectivity index (χ0n) is 24.5. The molecular weight excluding hydrogens is 540 g/mol. The number of carbonyl (C=O) groups excluding carboxylic acids is 1. The van der Waals surface area contributed by atoms with Gasteiger partial charge in [0, 0.05) is 41.4 Å². The molecule has 0 radical (unpaired) electrons. The maximum Gasteiger partial charge on any atom is 0.358 e. The number of carboxylic acid groups (broad SMARTS) is 1. The second-order valence-electron chi connectivity index (χ2n) is 12.5. The van der Waals surface area contributed by atoms with E-state index in [0.717, 1.165) is 53.3 Å². The molecule has 2 aromatic carbocycles. The van der Waals surface area contributed by atoms with Crippen molar-refractivity contribution >= 4 is 33.2 Å². The number of carbonyl (C=O) groups is 1. The fourth-order valence-corrected chi connectivity index (χ4v) is 6.13. The molecule has 0 spiro atoms. The summed E-state index contributed by atoms with van der Waals surface area (Å²) < 4.78 is 39.8. The lowest BCUT2D eigenvalue weighted by Crippen LogP contribution is -2.27. The highest BCUT2D eigenvalue weighted by molar-refractivity contribution is 7.85. The fourth-order valence-electron chi connectivity index (χ4n) is 5.62. The number of fused-ring (bicyclic) bond motifs is 2. The van der Waals surface area contributed by atoms with Crippen molar-refractivity contribution in [2.45, 2.75) is 83.0 Å². The van der Waals surface area contributed by atoms with Crippen molar-refractivity contribution in [3.63, 3.8) is 0 Å². The third-order valence-corrected chi connectivity index (χ3v) is 8.79. The first-order chi connectivity index (χ1) is 19.1. The van der Waals surface area contributed by atoms with Crippen molar-refractivity contribution < 1.29 is 27.3 Å². The summed E-state index contributed by atoms with van der Waals surface area (Å²) in [5, 5.41) is 8.98. The van der Waals surface area contributed by atoms with Crippen LogP contribution in [0.1, 0.15) is 83.8 Å². The predicted octanol–water partition coefficient (Wildman–Crippen LogP) is 6.75. The van der Waals surface area contributed by atoms with Crippen molar-refractivity contribution in [1.29, 1.82) is 0 Å². The number of allylic oxidation sites excluding steroid dienone is 4. The number of hydrogen-bond acceptors (Lipinski definition) is 5. The molecule has 9 heteroatoms. The van der Waals surface area contributed by atoms with Gasteiger partial charge in [0.05, 0.1) is 28.4 Å². The Hall–Kier alpha value is -3.43. The Balaban J connectivity index is 1.68. The number of unbranched alkanes of at least 4 members (excludes halogenated alkanes) is 2. The van der Waals surface area contributed by atoms with Crippen molar-refractivity contribution in [3.05, 3.63) is 71.5 Å². The number of ketones is 1. The first kappa shape index (κ1) is 30.5.